The second-order valence-corrected chi connectivity index (χ2v) is 5.61. The molecule has 122 valence electrons. The number of anilines is 1. The molecular formula is C18H14NO5-. The van der Waals surface area contributed by atoms with Gasteiger partial charge in [0, 0.05) is 12.1 Å². The molecule has 1 atom stereocenters. The molecular weight excluding hydrogens is 310 g/mol. The molecule has 2 aromatic rings. The van der Waals surface area contributed by atoms with E-state index in [0.717, 1.165) is 11.1 Å². The number of aryl methyl sites for hydroxylation is 1. The zero-order valence-corrected chi connectivity index (χ0v) is 12.9. The van der Waals surface area contributed by atoms with Crippen LogP contribution < -0.4 is 10.4 Å². The fourth-order valence-electron chi connectivity index (χ4n) is 2.55. The van der Waals surface area contributed by atoms with E-state index in [0.29, 0.717) is 17.7 Å². The van der Waals surface area contributed by atoms with Crippen LogP contribution in [0.1, 0.15) is 31.8 Å². The van der Waals surface area contributed by atoms with Crippen molar-refractivity contribution < 1.29 is 24.2 Å². The van der Waals surface area contributed by atoms with Gasteiger partial charge >= 0.3 is 5.97 Å². The van der Waals surface area contributed by atoms with E-state index in [1.807, 2.05) is 19.1 Å². The van der Waals surface area contributed by atoms with Crippen LogP contribution in [0.3, 0.4) is 0 Å². The largest absolute Gasteiger partial charge is 0.545 e. The summed E-state index contributed by atoms with van der Waals surface area (Å²) in [6, 6.07) is 11.0. The van der Waals surface area contributed by atoms with Crippen LogP contribution in [0.25, 0.3) is 0 Å². The summed E-state index contributed by atoms with van der Waals surface area (Å²) in [5, 5.41) is 13.3. The molecule has 6 nitrogen and oxygen atoms in total. The summed E-state index contributed by atoms with van der Waals surface area (Å²) in [5.74, 6) is -2.27. The predicted molar refractivity (Wildman–Crippen MR) is 83.5 cm³/mol. The number of carbonyl (C=O) groups excluding carboxylic acids is 3. The maximum Gasteiger partial charge on any atom is 0.339 e. The Balaban J connectivity index is 1.73. The van der Waals surface area contributed by atoms with Crippen molar-refractivity contribution in [3.63, 3.8) is 0 Å². The van der Waals surface area contributed by atoms with Gasteiger partial charge in [0.05, 0.1) is 11.5 Å². The standard InChI is InChI=1S/C18H15NO5/c1-10-2-3-12-9-15(24-18(23)14(12)8-10)16(20)19-13-6-4-11(5-7-13)17(21)22/h2-8,15H,9H2,1H3,(H,19,20)(H,21,22)/p-1/t15-/m1/s1. The van der Waals surface area contributed by atoms with Crippen LogP contribution in [0, 0.1) is 6.92 Å². The third-order valence-corrected chi connectivity index (χ3v) is 3.82. The van der Waals surface area contributed by atoms with Gasteiger partial charge in [0.1, 0.15) is 0 Å². The average Bonchev–Trinajstić information content (AvgIpc) is 2.55. The van der Waals surface area contributed by atoms with Crippen LogP contribution in [0.15, 0.2) is 42.5 Å². The molecule has 2 aromatic carbocycles. The lowest BCUT2D eigenvalue weighted by Gasteiger charge is -2.24. The molecule has 0 saturated heterocycles. The van der Waals surface area contributed by atoms with Gasteiger partial charge in [-0.05, 0) is 36.2 Å². The van der Waals surface area contributed by atoms with Crippen molar-refractivity contribution in [2.24, 2.45) is 0 Å². The summed E-state index contributed by atoms with van der Waals surface area (Å²) in [6.45, 7) is 1.88. The molecule has 24 heavy (non-hydrogen) atoms. The molecule has 0 fully saturated rings. The lowest BCUT2D eigenvalue weighted by Crippen LogP contribution is -2.38. The molecule has 1 heterocycles. The monoisotopic (exact) mass is 324 g/mol. The number of amides is 1. The van der Waals surface area contributed by atoms with E-state index in [9.17, 15) is 19.5 Å². The normalized spacial score (nSPS) is 16.0. The molecule has 1 amide bonds. The van der Waals surface area contributed by atoms with E-state index in [1.165, 1.54) is 24.3 Å². The number of rotatable bonds is 3. The van der Waals surface area contributed by atoms with E-state index in [-0.39, 0.29) is 5.56 Å². The van der Waals surface area contributed by atoms with E-state index in [4.69, 9.17) is 4.74 Å². The van der Waals surface area contributed by atoms with E-state index >= 15 is 0 Å². The quantitative estimate of drug-likeness (QED) is 0.852. The second kappa shape index (κ2) is 6.16. The van der Waals surface area contributed by atoms with Gasteiger partial charge in [-0.3, -0.25) is 4.79 Å². The highest BCUT2D eigenvalue weighted by Gasteiger charge is 2.31. The number of fused-ring (bicyclic) bond motifs is 1. The molecule has 0 aromatic heterocycles. The molecule has 1 aliphatic rings. The van der Waals surface area contributed by atoms with Crippen molar-refractivity contribution in [2.75, 3.05) is 5.32 Å². The van der Waals surface area contributed by atoms with Crippen molar-refractivity contribution in [1.82, 2.24) is 0 Å². The van der Waals surface area contributed by atoms with Gasteiger partial charge < -0.3 is 20.0 Å². The minimum absolute atomic E-state index is 0.0152. The molecule has 0 radical (unpaired) electrons. The zero-order valence-electron chi connectivity index (χ0n) is 12.9. The van der Waals surface area contributed by atoms with Crippen molar-refractivity contribution in [2.45, 2.75) is 19.4 Å². The van der Waals surface area contributed by atoms with E-state index in [1.54, 1.807) is 6.07 Å². The number of carboxylic acids is 1. The number of aromatic carboxylic acids is 1. The lowest BCUT2D eigenvalue weighted by atomic mass is 9.96. The predicted octanol–water partition coefficient (Wildman–Crippen LogP) is 1.08. The van der Waals surface area contributed by atoms with Crippen molar-refractivity contribution in [1.29, 1.82) is 0 Å². The Morgan fingerprint density at radius 1 is 1.17 bits per heavy atom. The minimum atomic E-state index is -1.29. The molecule has 1 N–H and O–H groups in total. The third-order valence-electron chi connectivity index (χ3n) is 3.82. The number of carboxylic acid groups (broad SMARTS) is 1. The number of ether oxygens (including phenoxy) is 1. The molecule has 6 heteroatoms. The molecule has 3 rings (SSSR count). The summed E-state index contributed by atoms with van der Waals surface area (Å²) in [4.78, 5) is 35.0. The Kier molecular flexibility index (Phi) is 4.04. The fraction of sp³-hybridized carbons (Fsp3) is 0.167. The summed E-state index contributed by atoms with van der Waals surface area (Å²) >= 11 is 0. The van der Waals surface area contributed by atoms with Crippen molar-refractivity contribution >= 4 is 23.5 Å². The van der Waals surface area contributed by atoms with E-state index < -0.39 is 23.9 Å². The SMILES string of the molecule is Cc1ccc2c(c1)C(=O)O[C@@H](C(=O)Nc1ccc(C(=O)[O-])cc1)C2. The molecule has 0 saturated carbocycles. The van der Waals surface area contributed by atoms with Gasteiger partial charge in [0.25, 0.3) is 5.91 Å². The summed E-state index contributed by atoms with van der Waals surface area (Å²) in [5.41, 5.74) is 2.63. The van der Waals surface area contributed by atoms with Crippen LogP contribution in [0.4, 0.5) is 5.69 Å². The number of nitrogens with one attached hydrogen (secondary N) is 1. The Hall–Kier alpha value is -3.15. The highest BCUT2D eigenvalue weighted by atomic mass is 16.5. The highest BCUT2D eigenvalue weighted by molar-refractivity contribution is 6.00. The Bertz CT molecular complexity index is 826. The molecule has 0 bridgehead atoms. The molecule has 0 aliphatic carbocycles. The first-order valence-corrected chi connectivity index (χ1v) is 7.37. The highest BCUT2D eigenvalue weighted by Crippen LogP contribution is 2.23. The number of hydrogen-bond acceptors (Lipinski definition) is 5. The second-order valence-electron chi connectivity index (χ2n) is 5.61. The Labute approximate surface area is 138 Å². The van der Waals surface area contributed by atoms with Crippen LogP contribution in [-0.2, 0) is 16.0 Å². The first-order valence-electron chi connectivity index (χ1n) is 7.37. The first kappa shape index (κ1) is 15.7. The molecule has 0 unspecified atom stereocenters. The number of hydrogen-bond donors (Lipinski definition) is 1. The maximum atomic E-state index is 12.3. The van der Waals surface area contributed by atoms with Crippen molar-refractivity contribution in [3.8, 4) is 0 Å². The lowest BCUT2D eigenvalue weighted by molar-refractivity contribution is -0.255. The van der Waals surface area contributed by atoms with Crippen LogP contribution in [-0.4, -0.2) is 23.9 Å². The average molecular weight is 324 g/mol. The van der Waals surface area contributed by atoms with Crippen LogP contribution >= 0.6 is 0 Å². The smallest absolute Gasteiger partial charge is 0.339 e. The number of benzene rings is 2. The summed E-state index contributed by atoms with van der Waals surface area (Å²) in [7, 11) is 0. The van der Waals surface area contributed by atoms with Gasteiger partial charge in [-0.2, -0.15) is 0 Å². The Morgan fingerprint density at radius 2 is 1.88 bits per heavy atom. The Morgan fingerprint density at radius 3 is 2.54 bits per heavy atom. The minimum Gasteiger partial charge on any atom is -0.545 e. The zero-order chi connectivity index (χ0) is 17.3. The molecule has 1 aliphatic heterocycles. The first-order chi connectivity index (χ1) is 11.4. The summed E-state index contributed by atoms with van der Waals surface area (Å²) in [6.07, 6.45) is -0.627. The van der Waals surface area contributed by atoms with Gasteiger partial charge in [-0.25, -0.2) is 4.79 Å². The number of carbonyl (C=O) groups is 3. The van der Waals surface area contributed by atoms with Crippen molar-refractivity contribution in [3.05, 3.63) is 64.7 Å². The van der Waals surface area contributed by atoms with Crippen LogP contribution in [0.5, 0.6) is 0 Å². The maximum absolute atomic E-state index is 12.3. The number of esters is 1. The topological polar surface area (TPSA) is 95.5 Å². The van der Waals surface area contributed by atoms with Gasteiger partial charge in [-0.1, -0.05) is 29.8 Å². The van der Waals surface area contributed by atoms with Crippen LogP contribution in [0.2, 0.25) is 0 Å². The summed E-state index contributed by atoms with van der Waals surface area (Å²) < 4.78 is 5.21. The van der Waals surface area contributed by atoms with E-state index in [2.05, 4.69) is 5.32 Å². The van der Waals surface area contributed by atoms with Gasteiger partial charge in [0.2, 0.25) is 0 Å². The number of cyclic esters (lactones) is 1. The molecule has 0 spiro atoms. The van der Waals surface area contributed by atoms with Gasteiger partial charge in [0.15, 0.2) is 6.10 Å². The third kappa shape index (κ3) is 3.12. The fourth-order valence-corrected chi connectivity index (χ4v) is 2.55. The van der Waals surface area contributed by atoms with Gasteiger partial charge in [-0.15, -0.1) is 0 Å².